The largest absolute Gasteiger partial charge is 0.361 e. The minimum Gasteiger partial charge on any atom is -0.361 e. The van der Waals surface area contributed by atoms with E-state index in [1.165, 1.54) is 24.5 Å². The average Bonchev–Trinajstić information content (AvgIpc) is 3.15. The third-order valence-corrected chi connectivity index (χ3v) is 7.12. The highest BCUT2D eigenvalue weighted by atomic mass is 32.2. The van der Waals surface area contributed by atoms with Crippen LogP contribution < -0.4 is 5.32 Å². The lowest BCUT2D eigenvalue weighted by molar-refractivity contribution is 0.310. The molecule has 1 aromatic carbocycles. The summed E-state index contributed by atoms with van der Waals surface area (Å²) in [4.78, 5) is 5.73. The fraction of sp³-hybridized carbons (Fsp3) is 0.474. The monoisotopic (exact) mass is 361 g/mol. The van der Waals surface area contributed by atoms with Crippen LogP contribution in [-0.4, -0.2) is 50.7 Å². The van der Waals surface area contributed by atoms with Crippen LogP contribution >= 0.6 is 0 Å². The fourth-order valence-electron chi connectivity index (χ4n) is 3.83. The smallest absolute Gasteiger partial charge is 0.173 e. The SMILES string of the molecule is C=CCS(=O)(=O)C(NC)c1ccc2[nH]cc(CC3CCCN3C)c2c1. The molecule has 0 saturated carbocycles. The van der Waals surface area contributed by atoms with Gasteiger partial charge in [-0.3, -0.25) is 0 Å². The van der Waals surface area contributed by atoms with Gasteiger partial charge in [-0.1, -0.05) is 12.1 Å². The number of nitrogens with zero attached hydrogens (tertiary/aromatic N) is 1. The Morgan fingerprint density at radius 2 is 2.28 bits per heavy atom. The average molecular weight is 362 g/mol. The molecule has 136 valence electrons. The quantitative estimate of drug-likeness (QED) is 0.744. The van der Waals surface area contributed by atoms with Crippen LogP contribution in [-0.2, 0) is 16.3 Å². The Labute approximate surface area is 150 Å². The van der Waals surface area contributed by atoms with E-state index in [2.05, 4.69) is 35.0 Å². The van der Waals surface area contributed by atoms with Gasteiger partial charge in [0, 0.05) is 23.1 Å². The zero-order valence-corrected chi connectivity index (χ0v) is 15.8. The van der Waals surface area contributed by atoms with Crippen LogP contribution in [0.5, 0.6) is 0 Å². The molecule has 2 aromatic rings. The summed E-state index contributed by atoms with van der Waals surface area (Å²) in [5.74, 6) is -0.0383. The van der Waals surface area contributed by atoms with Crippen LogP contribution in [0.2, 0.25) is 0 Å². The number of aromatic nitrogens is 1. The Balaban J connectivity index is 1.95. The van der Waals surface area contributed by atoms with E-state index in [1.54, 1.807) is 7.05 Å². The van der Waals surface area contributed by atoms with Gasteiger partial charge in [0.1, 0.15) is 5.37 Å². The number of benzene rings is 1. The Kier molecular flexibility index (Phi) is 5.32. The molecule has 0 radical (unpaired) electrons. The number of H-pyrrole nitrogens is 1. The van der Waals surface area contributed by atoms with Gasteiger partial charge in [0.2, 0.25) is 0 Å². The molecule has 1 aliphatic heterocycles. The number of aromatic amines is 1. The first-order valence-electron chi connectivity index (χ1n) is 8.76. The van der Waals surface area contributed by atoms with Crippen LogP contribution in [0, 0.1) is 0 Å². The van der Waals surface area contributed by atoms with Gasteiger partial charge in [-0.05, 0) is 63.2 Å². The van der Waals surface area contributed by atoms with Crippen molar-refractivity contribution in [1.82, 2.24) is 15.2 Å². The first kappa shape index (κ1) is 18.2. The number of likely N-dealkylation sites (N-methyl/N-ethyl adjacent to an activating group) is 1. The molecular formula is C19H27N3O2S. The summed E-state index contributed by atoms with van der Waals surface area (Å²) in [6.45, 7) is 4.71. The van der Waals surface area contributed by atoms with Gasteiger partial charge in [-0.2, -0.15) is 0 Å². The Morgan fingerprint density at radius 1 is 1.48 bits per heavy atom. The van der Waals surface area contributed by atoms with Crippen molar-refractivity contribution in [3.63, 3.8) is 0 Å². The summed E-state index contributed by atoms with van der Waals surface area (Å²) < 4.78 is 25.0. The molecule has 1 aromatic heterocycles. The highest BCUT2D eigenvalue weighted by Crippen LogP contribution is 2.29. The van der Waals surface area contributed by atoms with Crippen LogP contribution in [0.4, 0.5) is 0 Å². The summed E-state index contributed by atoms with van der Waals surface area (Å²) in [7, 11) is 0.540. The molecule has 0 amide bonds. The van der Waals surface area contributed by atoms with E-state index in [4.69, 9.17) is 0 Å². The molecule has 5 nitrogen and oxygen atoms in total. The van der Waals surface area contributed by atoms with Crippen molar-refractivity contribution in [2.75, 3.05) is 26.4 Å². The van der Waals surface area contributed by atoms with Gasteiger partial charge < -0.3 is 15.2 Å². The Hall–Kier alpha value is -1.63. The second kappa shape index (κ2) is 7.32. The summed E-state index contributed by atoms with van der Waals surface area (Å²) in [5.41, 5.74) is 3.08. The summed E-state index contributed by atoms with van der Waals surface area (Å²) in [6, 6.07) is 6.43. The molecule has 2 unspecified atom stereocenters. The minimum atomic E-state index is -3.32. The highest BCUT2D eigenvalue weighted by Gasteiger charge is 2.26. The molecule has 1 aliphatic rings. The fourth-order valence-corrected chi connectivity index (χ4v) is 5.27. The van der Waals surface area contributed by atoms with Crippen LogP contribution in [0.15, 0.2) is 37.1 Å². The molecule has 6 heteroatoms. The number of hydrogen-bond acceptors (Lipinski definition) is 4. The van der Waals surface area contributed by atoms with E-state index in [-0.39, 0.29) is 5.75 Å². The van der Waals surface area contributed by atoms with Crippen molar-refractivity contribution in [3.05, 3.63) is 48.2 Å². The number of nitrogens with one attached hydrogen (secondary N) is 2. The molecular weight excluding hydrogens is 334 g/mol. The van der Waals surface area contributed by atoms with E-state index in [0.29, 0.717) is 6.04 Å². The summed E-state index contributed by atoms with van der Waals surface area (Å²) in [5, 5.41) is 3.35. The van der Waals surface area contributed by atoms with Crippen molar-refractivity contribution in [2.24, 2.45) is 0 Å². The van der Waals surface area contributed by atoms with Crippen molar-refractivity contribution < 1.29 is 8.42 Å². The van der Waals surface area contributed by atoms with Crippen molar-refractivity contribution in [2.45, 2.75) is 30.7 Å². The standard InChI is InChI=1S/C19H27N3O2S/c1-4-10-25(23,24)19(20-2)14-7-8-18-17(12-14)15(13-21-18)11-16-6-5-9-22(16)3/h4,7-8,12-13,16,19-21H,1,5-6,9-11H2,2-3H3. The summed E-state index contributed by atoms with van der Waals surface area (Å²) >= 11 is 0. The predicted octanol–water partition coefficient (Wildman–Crippen LogP) is 2.62. The third-order valence-electron chi connectivity index (χ3n) is 5.19. The van der Waals surface area contributed by atoms with Crippen molar-refractivity contribution >= 4 is 20.7 Å². The Morgan fingerprint density at radius 3 is 2.92 bits per heavy atom. The van der Waals surface area contributed by atoms with Crippen LogP contribution in [0.25, 0.3) is 10.9 Å². The van der Waals surface area contributed by atoms with Gasteiger partial charge in [0.05, 0.1) is 5.75 Å². The molecule has 2 heterocycles. The minimum absolute atomic E-state index is 0.0383. The number of likely N-dealkylation sites (tertiary alicyclic amines) is 1. The van der Waals surface area contributed by atoms with Crippen LogP contribution in [0.3, 0.4) is 0 Å². The van der Waals surface area contributed by atoms with Crippen molar-refractivity contribution in [1.29, 1.82) is 0 Å². The molecule has 0 spiro atoms. The Bertz CT molecular complexity index is 857. The second-order valence-electron chi connectivity index (χ2n) is 6.89. The molecule has 1 saturated heterocycles. The topological polar surface area (TPSA) is 65.2 Å². The van der Waals surface area contributed by atoms with Crippen LogP contribution in [0.1, 0.15) is 29.3 Å². The summed E-state index contributed by atoms with van der Waals surface area (Å²) in [6.07, 6.45) is 6.96. The van der Waals surface area contributed by atoms with Gasteiger partial charge in [-0.15, -0.1) is 6.58 Å². The number of hydrogen-bond donors (Lipinski definition) is 2. The number of fused-ring (bicyclic) bond motifs is 1. The second-order valence-corrected chi connectivity index (χ2v) is 9.02. The first-order valence-corrected chi connectivity index (χ1v) is 10.5. The maximum Gasteiger partial charge on any atom is 0.173 e. The van der Waals surface area contributed by atoms with Gasteiger partial charge in [-0.25, -0.2) is 8.42 Å². The molecule has 0 bridgehead atoms. The molecule has 25 heavy (non-hydrogen) atoms. The zero-order valence-electron chi connectivity index (χ0n) is 15.0. The zero-order chi connectivity index (χ0) is 18.0. The van der Waals surface area contributed by atoms with Gasteiger partial charge in [0.15, 0.2) is 9.84 Å². The first-order chi connectivity index (χ1) is 12.0. The molecule has 0 aliphatic carbocycles. The lowest BCUT2D eigenvalue weighted by Crippen LogP contribution is -2.27. The van der Waals surface area contributed by atoms with Crippen molar-refractivity contribution in [3.8, 4) is 0 Å². The van der Waals surface area contributed by atoms with Gasteiger partial charge >= 0.3 is 0 Å². The van der Waals surface area contributed by atoms with E-state index in [1.807, 2.05) is 18.2 Å². The lowest BCUT2D eigenvalue weighted by Gasteiger charge is -2.19. The van der Waals surface area contributed by atoms with E-state index in [9.17, 15) is 8.42 Å². The maximum absolute atomic E-state index is 12.5. The normalized spacial score (nSPS) is 20.2. The van der Waals surface area contributed by atoms with E-state index in [0.717, 1.165) is 29.4 Å². The molecule has 2 N–H and O–H groups in total. The lowest BCUT2D eigenvalue weighted by atomic mass is 10.0. The van der Waals surface area contributed by atoms with E-state index >= 15 is 0 Å². The molecule has 3 rings (SSSR count). The third kappa shape index (κ3) is 3.66. The van der Waals surface area contributed by atoms with E-state index < -0.39 is 15.2 Å². The number of sulfone groups is 1. The van der Waals surface area contributed by atoms with Gasteiger partial charge in [0.25, 0.3) is 0 Å². The highest BCUT2D eigenvalue weighted by molar-refractivity contribution is 7.91. The predicted molar refractivity (Wildman–Crippen MR) is 103 cm³/mol. The molecule has 1 fully saturated rings. The maximum atomic E-state index is 12.5. The molecule has 2 atom stereocenters. The number of rotatable bonds is 7.